The van der Waals surface area contributed by atoms with Crippen molar-refractivity contribution in [2.75, 3.05) is 10.2 Å². The minimum atomic E-state index is -0.553. The number of imide groups is 1. The number of rotatable bonds is 6. The van der Waals surface area contributed by atoms with E-state index in [4.69, 9.17) is 11.6 Å². The molecule has 1 aliphatic heterocycles. The monoisotopic (exact) mass is 437 g/mol. The van der Waals surface area contributed by atoms with E-state index in [1.807, 2.05) is 19.1 Å². The molecule has 1 heterocycles. The highest BCUT2D eigenvalue weighted by Crippen LogP contribution is 2.32. The Morgan fingerprint density at radius 1 is 1.03 bits per heavy atom. The van der Waals surface area contributed by atoms with Gasteiger partial charge in [0.1, 0.15) is 10.7 Å². The van der Waals surface area contributed by atoms with Gasteiger partial charge in [-0.1, -0.05) is 49.6 Å². The van der Waals surface area contributed by atoms with E-state index in [1.54, 1.807) is 36.4 Å². The van der Waals surface area contributed by atoms with Crippen molar-refractivity contribution in [1.82, 2.24) is 5.32 Å². The second-order valence-corrected chi connectivity index (χ2v) is 8.15. The van der Waals surface area contributed by atoms with Crippen LogP contribution in [0.4, 0.5) is 11.4 Å². The van der Waals surface area contributed by atoms with Crippen molar-refractivity contribution in [1.29, 1.82) is 0 Å². The van der Waals surface area contributed by atoms with Gasteiger partial charge >= 0.3 is 0 Å². The molecule has 1 aliphatic carbocycles. The second-order valence-electron chi connectivity index (χ2n) is 7.77. The van der Waals surface area contributed by atoms with E-state index in [2.05, 4.69) is 10.6 Å². The van der Waals surface area contributed by atoms with Gasteiger partial charge in [-0.25, -0.2) is 4.90 Å². The maximum absolute atomic E-state index is 13.0. The zero-order chi connectivity index (χ0) is 22.0. The summed E-state index contributed by atoms with van der Waals surface area (Å²) in [5.41, 5.74) is 2.56. The first-order valence-electron chi connectivity index (χ1n) is 10.5. The minimum Gasteiger partial charge on any atom is -0.350 e. The fourth-order valence-electron chi connectivity index (χ4n) is 4.05. The number of anilines is 2. The van der Waals surface area contributed by atoms with Gasteiger partial charge in [-0.15, -0.1) is 0 Å². The maximum atomic E-state index is 13.0. The molecule has 0 atom stereocenters. The lowest BCUT2D eigenvalue weighted by Gasteiger charge is -2.18. The molecule has 0 radical (unpaired) electrons. The number of benzene rings is 2. The van der Waals surface area contributed by atoms with Crippen LogP contribution in [0.3, 0.4) is 0 Å². The number of para-hydroxylation sites is 1. The highest BCUT2D eigenvalue weighted by Gasteiger charge is 2.39. The van der Waals surface area contributed by atoms with Gasteiger partial charge < -0.3 is 10.6 Å². The Kier molecular flexibility index (Phi) is 6.09. The lowest BCUT2D eigenvalue weighted by Crippen LogP contribution is -2.33. The summed E-state index contributed by atoms with van der Waals surface area (Å²) < 4.78 is 0. The molecule has 31 heavy (non-hydrogen) atoms. The molecule has 0 saturated heterocycles. The summed E-state index contributed by atoms with van der Waals surface area (Å²) >= 11 is 6.23. The van der Waals surface area contributed by atoms with Crippen LogP contribution in [-0.2, 0) is 16.0 Å². The van der Waals surface area contributed by atoms with Crippen LogP contribution in [-0.4, -0.2) is 23.8 Å². The number of carbonyl (C=O) groups is 3. The van der Waals surface area contributed by atoms with Crippen LogP contribution in [0.2, 0.25) is 0 Å². The van der Waals surface area contributed by atoms with E-state index in [-0.39, 0.29) is 22.7 Å². The summed E-state index contributed by atoms with van der Waals surface area (Å²) in [6.07, 6.45) is 5.02. The molecule has 7 heteroatoms. The quantitative estimate of drug-likeness (QED) is 0.658. The number of carbonyl (C=O) groups excluding carboxylic acids is 3. The van der Waals surface area contributed by atoms with Crippen LogP contribution in [0.15, 0.2) is 59.3 Å². The Morgan fingerprint density at radius 3 is 2.39 bits per heavy atom. The Labute approximate surface area is 186 Å². The third-order valence-corrected chi connectivity index (χ3v) is 6.10. The molecule has 0 bridgehead atoms. The first kappa shape index (κ1) is 21.1. The summed E-state index contributed by atoms with van der Waals surface area (Å²) in [6.45, 7) is 1.96. The molecule has 160 valence electrons. The van der Waals surface area contributed by atoms with Crippen molar-refractivity contribution in [3.8, 4) is 0 Å². The van der Waals surface area contributed by atoms with Crippen molar-refractivity contribution in [3.05, 3.63) is 70.4 Å². The van der Waals surface area contributed by atoms with Gasteiger partial charge in [0.05, 0.1) is 5.69 Å². The van der Waals surface area contributed by atoms with Crippen molar-refractivity contribution in [2.45, 2.75) is 45.1 Å². The van der Waals surface area contributed by atoms with Gasteiger partial charge in [0.2, 0.25) is 0 Å². The number of amides is 3. The van der Waals surface area contributed by atoms with Crippen molar-refractivity contribution in [2.24, 2.45) is 0 Å². The van der Waals surface area contributed by atoms with Crippen LogP contribution in [0, 0.1) is 0 Å². The molecule has 2 N–H and O–H groups in total. The molecule has 1 fully saturated rings. The molecule has 0 spiro atoms. The van der Waals surface area contributed by atoms with Crippen molar-refractivity contribution in [3.63, 3.8) is 0 Å². The SMILES string of the molecule is CCc1ccccc1N1C(=O)C(Cl)=C(Nc2ccc(C(=O)NC3CCCC3)cc2)C1=O. The third kappa shape index (κ3) is 4.21. The zero-order valence-electron chi connectivity index (χ0n) is 17.3. The van der Waals surface area contributed by atoms with E-state index in [0.29, 0.717) is 23.4 Å². The van der Waals surface area contributed by atoms with E-state index in [1.165, 1.54) is 0 Å². The average molecular weight is 438 g/mol. The molecule has 6 nitrogen and oxygen atoms in total. The molecule has 2 aromatic rings. The zero-order valence-corrected chi connectivity index (χ0v) is 18.0. The lowest BCUT2D eigenvalue weighted by molar-refractivity contribution is -0.120. The molecule has 0 aromatic heterocycles. The molecule has 1 saturated carbocycles. The van der Waals surface area contributed by atoms with Gasteiger partial charge in [-0.05, 0) is 55.2 Å². The number of aryl methyl sites for hydroxylation is 1. The molecule has 2 aromatic carbocycles. The summed E-state index contributed by atoms with van der Waals surface area (Å²) in [4.78, 5) is 39.2. The fourth-order valence-corrected chi connectivity index (χ4v) is 4.26. The van der Waals surface area contributed by atoms with E-state index < -0.39 is 11.8 Å². The summed E-state index contributed by atoms with van der Waals surface area (Å²) in [6, 6.07) is 14.3. The van der Waals surface area contributed by atoms with Crippen LogP contribution in [0.1, 0.15) is 48.5 Å². The van der Waals surface area contributed by atoms with Gasteiger partial charge in [-0.3, -0.25) is 14.4 Å². The molecule has 3 amide bonds. The number of halogens is 1. The maximum Gasteiger partial charge on any atom is 0.283 e. The van der Waals surface area contributed by atoms with Gasteiger partial charge in [0.15, 0.2) is 0 Å². The first-order chi connectivity index (χ1) is 15.0. The highest BCUT2D eigenvalue weighted by molar-refractivity contribution is 6.53. The number of hydrogen-bond acceptors (Lipinski definition) is 4. The normalized spacial score (nSPS) is 16.9. The Balaban J connectivity index is 1.49. The third-order valence-electron chi connectivity index (χ3n) is 5.75. The number of nitrogens with one attached hydrogen (secondary N) is 2. The van der Waals surface area contributed by atoms with Crippen LogP contribution in [0.25, 0.3) is 0 Å². The van der Waals surface area contributed by atoms with Crippen molar-refractivity contribution < 1.29 is 14.4 Å². The van der Waals surface area contributed by atoms with E-state index in [9.17, 15) is 14.4 Å². The van der Waals surface area contributed by atoms with E-state index >= 15 is 0 Å². The molecular formula is C24H24ClN3O3. The standard InChI is InChI=1S/C24H24ClN3O3/c1-2-15-7-3-6-10-19(15)28-23(30)20(25)21(24(28)31)26-18-13-11-16(12-14-18)22(29)27-17-8-4-5-9-17/h3,6-7,10-14,17,26H,2,4-5,8-9H2,1H3,(H,27,29). The Morgan fingerprint density at radius 2 is 1.71 bits per heavy atom. The van der Waals surface area contributed by atoms with E-state index in [0.717, 1.165) is 36.1 Å². The average Bonchev–Trinajstić information content (AvgIpc) is 3.37. The predicted octanol–water partition coefficient (Wildman–Crippen LogP) is 4.36. The molecule has 2 aliphatic rings. The smallest absolute Gasteiger partial charge is 0.283 e. The largest absolute Gasteiger partial charge is 0.350 e. The first-order valence-corrected chi connectivity index (χ1v) is 10.9. The van der Waals surface area contributed by atoms with Crippen LogP contribution >= 0.6 is 11.6 Å². The lowest BCUT2D eigenvalue weighted by atomic mass is 10.1. The van der Waals surface area contributed by atoms with Gasteiger partial charge in [-0.2, -0.15) is 0 Å². The summed E-state index contributed by atoms with van der Waals surface area (Å²) in [5, 5.41) is 5.84. The minimum absolute atomic E-state index is 0.0285. The molecule has 0 unspecified atom stereocenters. The summed E-state index contributed by atoms with van der Waals surface area (Å²) in [5.74, 6) is -1.16. The van der Waals surface area contributed by atoms with Crippen LogP contribution in [0.5, 0.6) is 0 Å². The van der Waals surface area contributed by atoms with Crippen molar-refractivity contribution >= 4 is 40.7 Å². The Hall–Kier alpha value is -3.12. The molecular weight excluding hydrogens is 414 g/mol. The van der Waals surface area contributed by atoms with Gasteiger partial charge in [0.25, 0.3) is 17.7 Å². The Bertz CT molecular complexity index is 1060. The molecule has 4 rings (SSSR count). The van der Waals surface area contributed by atoms with Gasteiger partial charge in [0, 0.05) is 17.3 Å². The van der Waals surface area contributed by atoms with Crippen LogP contribution < -0.4 is 15.5 Å². The summed E-state index contributed by atoms with van der Waals surface area (Å²) in [7, 11) is 0. The predicted molar refractivity (Wildman–Crippen MR) is 121 cm³/mol. The second kappa shape index (κ2) is 8.94. The number of nitrogens with zero attached hydrogens (tertiary/aromatic N) is 1. The number of hydrogen-bond donors (Lipinski definition) is 2. The fraction of sp³-hybridized carbons (Fsp3) is 0.292. The highest BCUT2D eigenvalue weighted by atomic mass is 35.5. The topological polar surface area (TPSA) is 78.5 Å².